The first-order chi connectivity index (χ1) is 25.3. The Morgan fingerprint density at radius 3 is 2.34 bits per heavy atom. The summed E-state index contributed by atoms with van der Waals surface area (Å²) < 4.78 is 0. The van der Waals surface area contributed by atoms with Crippen LogP contribution in [0.4, 0.5) is 4.79 Å². The lowest BCUT2D eigenvalue weighted by atomic mass is 9.86. The third-order valence-electron chi connectivity index (χ3n) is 10.6. The molecule has 2 saturated heterocycles. The molecule has 286 valence electrons. The molecule has 3 aliphatic rings. The minimum atomic E-state index is -1.15. The normalized spacial score (nSPS) is 20.3. The minimum Gasteiger partial charge on any atom is -0.346 e. The molecule has 1 aromatic carbocycles. The Morgan fingerprint density at radius 1 is 1.04 bits per heavy atom. The Kier molecular flexibility index (Phi) is 14.4. The van der Waals surface area contributed by atoms with E-state index in [1.165, 1.54) is 11.0 Å². The van der Waals surface area contributed by atoms with E-state index in [2.05, 4.69) is 40.3 Å². The first-order valence-electron chi connectivity index (χ1n) is 18.8. The molecule has 4 rings (SSSR count). The van der Waals surface area contributed by atoms with Gasteiger partial charge in [-0.15, -0.1) is 25.5 Å². The van der Waals surface area contributed by atoms with Gasteiger partial charge in [0.1, 0.15) is 12.1 Å². The number of Topliss-reactive ketones (excluding diaryl/α,β-unsaturated/α-hetero) is 1. The molecule has 5 atom stereocenters. The molecule has 6 amide bonds. The van der Waals surface area contributed by atoms with Crippen LogP contribution in [0.25, 0.3) is 0 Å². The van der Waals surface area contributed by atoms with Gasteiger partial charge in [-0.25, -0.2) is 4.79 Å². The molecule has 0 radical (unpaired) electrons. The second-order valence-electron chi connectivity index (χ2n) is 15.5. The van der Waals surface area contributed by atoms with Crippen molar-refractivity contribution < 1.29 is 28.8 Å². The number of rotatable bonds is 16. The van der Waals surface area contributed by atoms with Crippen LogP contribution in [0, 0.1) is 29.6 Å². The molecule has 2 heterocycles. The van der Waals surface area contributed by atoms with Crippen LogP contribution in [0.2, 0.25) is 0 Å². The number of nitrogens with one attached hydrogen (secondary N) is 4. The lowest BCUT2D eigenvalue weighted by Crippen LogP contribution is -2.61. The van der Waals surface area contributed by atoms with Crippen LogP contribution in [0.5, 0.6) is 0 Å². The molecule has 12 nitrogen and oxygen atoms in total. The number of amides is 6. The zero-order valence-corrected chi connectivity index (χ0v) is 31.5. The van der Waals surface area contributed by atoms with E-state index in [9.17, 15) is 28.8 Å². The Morgan fingerprint density at radius 2 is 1.74 bits per heavy atom. The maximum Gasteiger partial charge on any atom is 0.315 e. The number of ketones is 1. The summed E-state index contributed by atoms with van der Waals surface area (Å²) in [6.45, 7) is 14.7. The molecule has 0 spiro atoms. The monoisotopic (exact) mass is 728 g/mol. The predicted molar refractivity (Wildman–Crippen MR) is 203 cm³/mol. The third kappa shape index (κ3) is 10.8. The molecule has 2 aliphatic heterocycles. The lowest BCUT2D eigenvalue weighted by molar-refractivity contribution is -0.143. The number of hydrogen-bond acceptors (Lipinski definition) is 6. The van der Waals surface area contributed by atoms with Crippen LogP contribution >= 0.6 is 0 Å². The number of carbonyl (C=O) groups is 6. The van der Waals surface area contributed by atoms with Gasteiger partial charge in [0.2, 0.25) is 23.5 Å². The van der Waals surface area contributed by atoms with Gasteiger partial charge in [0.05, 0.1) is 12.1 Å². The first kappa shape index (κ1) is 40.8. The smallest absolute Gasteiger partial charge is 0.315 e. The number of unbranched alkanes of at least 4 members (excludes halogenated alkanes) is 1. The number of terminal acetylenes is 1. The number of likely N-dealkylation sites (tertiary alicyclic amines) is 2. The highest BCUT2D eigenvalue weighted by molar-refractivity contribution is 6.38. The molecular formula is C41H56N6O6. The molecule has 1 unspecified atom stereocenters. The molecule has 2 fully saturated rings. The maximum absolute atomic E-state index is 14.7. The number of hydrogen-bond donors (Lipinski definition) is 4. The Bertz CT molecular complexity index is 1570. The summed E-state index contributed by atoms with van der Waals surface area (Å²) in [6.07, 6.45) is 13.1. The Hall–Kier alpha value is -4.92. The van der Waals surface area contributed by atoms with Gasteiger partial charge in [-0.3, -0.25) is 24.0 Å². The number of fused-ring (bicyclic) bond motifs is 1. The largest absolute Gasteiger partial charge is 0.346 e. The highest BCUT2D eigenvalue weighted by Crippen LogP contribution is 2.32. The predicted octanol–water partition coefficient (Wildman–Crippen LogP) is 3.06. The molecule has 53 heavy (non-hydrogen) atoms. The van der Waals surface area contributed by atoms with Gasteiger partial charge in [0.25, 0.3) is 5.91 Å². The minimum absolute atomic E-state index is 0.0667. The van der Waals surface area contributed by atoms with Gasteiger partial charge in [-0.05, 0) is 73.3 Å². The van der Waals surface area contributed by atoms with Gasteiger partial charge in [-0.1, -0.05) is 57.2 Å². The summed E-state index contributed by atoms with van der Waals surface area (Å²) in [5.74, 6) is -0.585. The summed E-state index contributed by atoms with van der Waals surface area (Å²) in [5, 5.41) is 11.3. The van der Waals surface area contributed by atoms with E-state index in [0.717, 1.165) is 24.0 Å². The number of carbonyl (C=O) groups excluding carboxylic acids is 6. The number of piperidine rings is 1. The van der Waals surface area contributed by atoms with Crippen LogP contribution in [-0.2, 0) is 36.8 Å². The molecule has 4 N–H and O–H groups in total. The summed E-state index contributed by atoms with van der Waals surface area (Å²) in [6, 6.07) is 3.88. The van der Waals surface area contributed by atoms with Crippen molar-refractivity contribution in [3.8, 4) is 12.3 Å². The van der Waals surface area contributed by atoms with Crippen LogP contribution in [-0.4, -0.2) is 95.6 Å². The van der Waals surface area contributed by atoms with Gasteiger partial charge in [0.15, 0.2) is 0 Å². The number of benzene rings is 1. The van der Waals surface area contributed by atoms with Crippen LogP contribution < -0.4 is 21.3 Å². The Labute approximate surface area is 313 Å². The van der Waals surface area contributed by atoms with E-state index < -0.39 is 59.1 Å². The average molecular weight is 729 g/mol. The summed E-state index contributed by atoms with van der Waals surface area (Å²) in [4.78, 5) is 84.4. The van der Waals surface area contributed by atoms with Crippen molar-refractivity contribution in [3.63, 3.8) is 0 Å². The van der Waals surface area contributed by atoms with E-state index in [1.54, 1.807) is 11.0 Å². The van der Waals surface area contributed by atoms with Gasteiger partial charge < -0.3 is 31.1 Å². The van der Waals surface area contributed by atoms with Crippen molar-refractivity contribution in [1.82, 2.24) is 31.1 Å². The van der Waals surface area contributed by atoms with Crippen molar-refractivity contribution >= 4 is 35.4 Å². The van der Waals surface area contributed by atoms with Crippen LogP contribution in [0.3, 0.4) is 0 Å². The standard InChI is InChI=1S/C41H56N6O6/c1-7-10-11-18-31(36(49)38(51)42-20-8-2)43-37(50)32-22-27(9-3)25-47(32)39(52)35(30-23-28-16-12-13-17-29(28)24-30)45-40(53)44-33(41(4,5)6)26-46-21-15-14-19-34(46)48/h1,8-9,12-13,16-17,27,30-33,35H,2-3,10-11,14-15,18-26H2,4-6H3,(H,42,51)(H,43,50)(H2,44,45,53)/t27-,31?,32+,33-,35+/m1/s1. The first-order valence-corrected chi connectivity index (χ1v) is 18.8. The number of nitrogens with zero attached hydrogens (tertiary/aromatic N) is 2. The summed E-state index contributed by atoms with van der Waals surface area (Å²) in [5.41, 5.74) is 1.79. The Balaban J connectivity index is 1.58. The fraction of sp³-hybridized carbons (Fsp3) is 0.561. The molecule has 12 heteroatoms. The van der Waals surface area contributed by atoms with E-state index in [-0.39, 0.29) is 43.7 Å². The molecule has 1 aliphatic carbocycles. The molecule has 0 saturated carbocycles. The SMILES string of the molecule is C#CCCCC(NC(=O)[C@@H]1C[C@@H](C=C)CN1C(=O)[C@@H](NC(=O)N[C@H](CN1CCCCC1=O)C(C)(C)C)C1Cc2ccccc2C1)C(=O)C(=O)NCC=C. The van der Waals surface area contributed by atoms with Crippen molar-refractivity contribution in [2.45, 2.75) is 103 Å². The lowest BCUT2D eigenvalue weighted by Gasteiger charge is -2.38. The van der Waals surface area contributed by atoms with E-state index in [1.807, 2.05) is 45.0 Å². The molecule has 0 aromatic heterocycles. The molecule has 1 aromatic rings. The highest BCUT2D eigenvalue weighted by Gasteiger charge is 2.45. The number of urea groups is 1. The van der Waals surface area contributed by atoms with Gasteiger partial charge in [0, 0.05) is 39.0 Å². The van der Waals surface area contributed by atoms with Crippen LogP contribution in [0.15, 0.2) is 49.6 Å². The zero-order valence-electron chi connectivity index (χ0n) is 31.5. The summed E-state index contributed by atoms with van der Waals surface area (Å²) in [7, 11) is 0. The van der Waals surface area contributed by atoms with E-state index >= 15 is 0 Å². The second kappa shape index (κ2) is 18.7. The average Bonchev–Trinajstić information content (AvgIpc) is 3.77. The van der Waals surface area contributed by atoms with E-state index in [0.29, 0.717) is 45.2 Å². The van der Waals surface area contributed by atoms with E-state index in [4.69, 9.17) is 6.42 Å². The van der Waals surface area contributed by atoms with Crippen molar-refractivity contribution in [3.05, 3.63) is 60.7 Å². The maximum atomic E-state index is 14.7. The molecular weight excluding hydrogens is 672 g/mol. The fourth-order valence-electron chi connectivity index (χ4n) is 7.43. The van der Waals surface area contributed by atoms with Gasteiger partial charge in [-0.2, -0.15) is 0 Å². The fourth-order valence-corrected chi connectivity index (χ4v) is 7.43. The highest BCUT2D eigenvalue weighted by atomic mass is 16.2. The van der Waals surface area contributed by atoms with Crippen LogP contribution in [0.1, 0.15) is 76.8 Å². The van der Waals surface area contributed by atoms with Crippen molar-refractivity contribution in [2.24, 2.45) is 17.3 Å². The van der Waals surface area contributed by atoms with Crippen molar-refractivity contribution in [2.75, 3.05) is 26.2 Å². The van der Waals surface area contributed by atoms with Gasteiger partial charge >= 0.3 is 6.03 Å². The third-order valence-corrected chi connectivity index (χ3v) is 10.6. The van der Waals surface area contributed by atoms with Crippen molar-refractivity contribution in [1.29, 1.82) is 0 Å². The summed E-state index contributed by atoms with van der Waals surface area (Å²) >= 11 is 0. The topological polar surface area (TPSA) is 157 Å². The molecule has 0 bridgehead atoms. The second-order valence-corrected chi connectivity index (χ2v) is 15.5. The zero-order chi connectivity index (χ0) is 38.7. The quantitative estimate of drug-likeness (QED) is 0.0888.